The van der Waals surface area contributed by atoms with Crippen molar-refractivity contribution in [1.29, 1.82) is 0 Å². The summed E-state index contributed by atoms with van der Waals surface area (Å²) in [4.78, 5) is 5.39. The lowest BCUT2D eigenvalue weighted by molar-refractivity contribution is 0.817. The second-order valence-corrected chi connectivity index (χ2v) is 5.04. The van der Waals surface area contributed by atoms with Crippen LogP contribution in [0.5, 0.6) is 0 Å². The first-order chi connectivity index (χ1) is 8.29. The van der Waals surface area contributed by atoms with Crippen molar-refractivity contribution < 1.29 is 0 Å². The third-order valence-corrected chi connectivity index (χ3v) is 3.69. The number of hydrogen-bond acceptors (Lipinski definition) is 3. The maximum absolute atomic E-state index is 6.06. The molecule has 88 valence electrons. The van der Waals surface area contributed by atoms with Gasteiger partial charge in [0.15, 0.2) is 0 Å². The quantitative estimate of drug-likeness (QED) is 0.913. The summed E-state index contributed by atoms with van der Waals surface area (Å²) < 4.78 is 0. The number of nitrogens with one attached hydrogen (secondary N) is 1. The summed E-state index contributed by atoms with van der Waals surface area (Å²) in [5.74, 6) is 0. The molecule has 0 bridgehead atoms. The van der Waals surface area contributed by atoms with Crippen LogP contribution in [0.15, 0.2) is 52.5 Å². The highest BCUT2D eigenvalue weighted by molar-refractivity contribution is 7.99. The fraction of sp³-hybridized carbons (Fsp3) is 0.154. The molecule has 0 atom stereocenters. The summed E-state index contributed by atoms with van der Waals surface area (Å²) >= 11 is 7.64. The zero-order valence-corrected chi connectivity index (χ0v) is 11.1. The van der Waals surface area contributed by atoms with Crippen LogP contribution in [0.1, 0.15) is 5.56 Å². The van der Waals surface area contributed by atoms with Crippen LogP contribution in [0, 0.1) is 0 Å². The maximum atomic E-state index is 6.06. The lowest BCUT2D eigenvalue weighted by Crippen LogP contribution is -2.04. The highest BCUT2D eigenvalue weighted by atomic mass is 35.5. The zero-order chi connectivity index (χ0) is 12.1. The topological polar surface area (TPSA) is 24.9 Å². The first-order valence-electron chi connectivity index (χ1n) is 5.31. The highest BCUT2D eigenvalue weighted by Crippen LogP contribution is 2.31. The van der Waals surface area contributed by atoms with Crippen LogP contribution in [-0.2, 0) is 6.54 Å². The smallest absolute Gasteiger partial charge is 0.119 e. The van der Waals surface area contributed by atoms with Crippen LogP contribution >= 0.6 is 23.4 Å². The summed E-state index contributed by atoms with van der Waals surface area (Å²) in [7, 11) is 1.94. The van der Waals surface area contributed by atoms with E-state index < -0.39 is 0 Å². The molecule has 1 aromatic carbocycles. The molecule has 0 spiro atoms. The van der Waals surface area contributed by atoms with Gasteiger partial charge in [-0.05, 0) is 36.9 Å². The number of aromatic nitrogens is 1. The largest absolute Gasteiger partial charge is 0.316 e. The molecular formula is C13H13ClN2S. The van der Waals surface area contributed by atoms with Gasteiger partial charge in [-0.25, -0.2) is 4.98 Å². The van der Waals surface area contributed by atoms with Gasteiger partial charge < -0.3 is 5.32 Å². The van der Waals surface area contributed by atoms with E-state index in [1.807, 2.05) is 19.2 Å². The highest BCUT2D eigenvalue weighted by Gasteiger charge is 2.03. The second kappa shape index (κ2) is 6.05. The molecule has 0 amide bonds. The predicted molar refractivity (Wildman–Crippen MR) is 72.6 cm³/mol. The molecule has 1 N–H and O–H groups in total. The van der Waals surface area contributed by atoms with Crippen molar-refractivity contribution in [2.75, 3.05) is 7.05 Å². The summed E-state index contributed by atoms with van der Waals surface area (Å²) in [6.45, 7) is 0.884. The van der Waals surface area contributed by atoms with Crippen LogP contribution in [0.4, 0.5) is 0 Å². The Labute approximate surface area is 110 Å². The summed E-state index contributed by atoms with van der Waals surface area (Å²) in [6, 6.07) is 12.1. The monoisotopic (exact) mass is 264 g/mol. The number of hydrogen-bond donors (Lipinski definition) is 1. The van der Waals surface area contributed by atoms with E-state index >= 15 is 0 Å². The molecule has 0 aliphatic carbocycles. The minimum atomic E-state index is 0.691. The van der Waals surface area contributed by atoms with Gasteiger partial charge in [-0.3, -0.25) is 0 Å². The fourth-order valence-corrected chi connectivity index (χ4v) is 2.45. The summed E-state index contributed by atoms with van der Waals surface area (Å²) in [6.07, 6.45) is 1.75. The third kappa shape index (κ3) is 3.46. The average Bonchev–Trinajstić information content (AvgIpc) is 2.35. The van der Waals surface area contributed by atoms with Gasteiger partial charge in [-0.1, -0.05) is 35.5 Å². The molecule has 0 saturated carbocycles. The Morgan fingerprint density at radius 3 is 2.65 bits per heavy atom. The molecule has 0 saturated heterocycles. The Kier molecular flexibility index (Phi) is 4.42. The van der Waals surface area contributed by atoms with Crippen molar-refractivity contribution in [2.24, 2.45) is 0 Å². The van der Waals surface area contributed by atoms with Gasteiger partial charge in [0.1, 0.15) is 5.03 Å². The van der Waals surface area contributed by atoms with E-state index in [1.54, 1.807) is 18.0 Å². The van der Waals surface area contributed by atoms with Crippen molar-refractivity contribution in [3.8, 4) is 0 Å². The van der Waals surface area contributed by atoms with E-state index in [-0.39, 0.29) is 0 Å². The van der Waals surface area contributed by atoms with E-state index in [4.69, 9.17) is 11.6 Å². The molecule has 0 aliphatic rings. The normalized spacial score (nSPS) is 10.5. The Bertz CT molecular complexity index is 485. The Morgan fingerprint density at radius 1 is 1.24 bits per heavy atom. The Hall–Kier alpha value is -1.03. The van der Waals surface area contributed by atoms with Crippen molar-refractivity contribution >= 4 is 23.4 Å². The summed E-state index contributed by atoms with van der Waals surface area (Å²) in [5.41, 5.74) is 1.27. The predicted octanol–water partition coefficient (Wildman–Crippen LogP) is 3.61. The second-order valence-electron chi connectivity index (χ2n) is 3.57. The Balaban J connectivity index is 2.11. The van der Waals surface area contributed by atoms with Gasteiger partial charge >= 0.3 is 0 Å². The molecule has 2 aromatic rings. The molecular weight excluding hydrogens is 252 g/mol. The molecule has 0 radical (unpaired) electrons. The lowest BCUT2D eigenvalue weighted by Gasteiger charge is -2.04. The average molecular weight is 265 g/mol. The van der Waals surface area contributed by atoms with Crippen LogP contribution < -0.4 is 5.32 Å². The van der Waals surface area contributed by atoms with Gasteiger partial charge in [-0.15, -0.1) is 0 Å². The number of halogens is 1. The number of nitrogens with zero attached hydrogens (tertiary/aromatic N) is 1. The van der Waals surface area contributed by atoms with Crippen LogP contribution in [0.25, 0.3) is 0 Å². The molecule has 0 unspecified atom stereocenters. The van der Waals surface area contributed by atoms with Gasteiger partial charge in [-0.2, -0.15) is 0 Å². The standard InChI is InChI=1S/C13H13ClN2S/c1-15-9-10-4-6-11(7-5-10)17-13-12(14)3-2-8-16-13/h2-8,15H,9H2,1H3. The van der Waals surface area contributed by atoms with Crippen molar-refractivity contribution in [1.82, 2.24) is 10.3 Å². The summed E-state index contributed by atoms with van der Waals surface area (Å²) in [5, 5.41) is 4.66. The van der Waals surface area contributed by atoms with Gasteiger partial charge in [0.05, 0.1) is 5.02 Å². The lowest BCUT2D eigenvalue weighted by atomic mass is 10.2. The van der Waals surface area contributed by atoms with E-state index in [1.165, 1.54) is 5.56 Å². The molecule has 2 rings (SSSR count). The Morgan fingerprint density at radius 2 is 2.00 bits per heavy atom. The number of pyridine rings is 1. The maximum Gasteiger partial charge on any atom is 0.119 e. The first-order valence-corrected chi connectivity index (χ1v) is 6.51. The fourth-order valence-electron chi connectivity index (χ4n) is 1.44. The molecule has 0 fully saturated rings. The first kappa shape index (κ1) is 12.4. The van der Waals surface area contributed by atoms with Gasteiger partial charge in [0.25, 0.3) is 0 Å². The van der Waals surface area contributed by atoms with Crippen LogP contribution in [-0.4, -0.2) is 12.0 Å². The molecule has 2 nitrogen and oxygen atoms in total. The third-order valence-electron chi connectivity index (χ3n) is 2.24. The van der Waals surface area contributed by atoms with E-state index in [9.17, 15) is 0 Å². The molecule has 17 heavy (non-hydrogen) atoms. The number of benzene rings is 1. The number of rotatable bonds is 4. The van der Waals surface area contributed by atoms with Crippen LogP contribution in [0.2, 0.25) is 5.02 Å². The molecule has 1 aromatic heterocycles. The van der Waals surface area contributed by atoms with E-state index in [2.05, 4.69) is 34.6 Å². The molecule has 4 heteroatoms. The molecule has 0 aliphatic heterocycles. The minimum absolute atomic E-state index is 0.691. The SMILES string of the molecule is CNCc1ccc(Sc2ncccc2Cl)cc1. The minimum Gasteiger partial charge on any atom is -0.316 e. The molecule has 1 heterocycles. The van der Waals surface area contributed by atoms with Gasteiger partial charge in [0, 0.05) is 17.6 Å². The van der Waals surface area contributed by atoms with Crippen molar-refractivity contribution in [2.45, 2.75) is 16.5 Å². The van der Waals surface area contributed by atoms with Gasteiger partial charge in [0.2, 0.25) is 0 Å². The van der Waals surface area contributed by atoms with E-state index in [0.717, 1.165) is 16.5 Å². The van der Waals surface area contributed by atoms with E-state index in [0.29, 0.717) is 5.02 Å². The van der Waals surface area contributed by atoms with Crippen molar-refractivity contribution in [3.05, 3.63) is 53.2 Å². The van der Waals surface area contributed by atoms with Crippen LogP contribution in [0.3, 0.4) is 0 Å². The zero-order valence-electron chi connectivity index (χ0n) is 9.48. The van der Waals surface area contributed by atoms with Crippen molar-refractivity contribution in [3.63, 3.8) is 0 Å².